The van der Waals surface area contributed by atoms with Gasteiger partial charge in [0.05, 0.1) is 5.03 Å². The zero-order valence-electron chi connectivity index (χ0n) is 10.1. The van der Waals surface area contributed by atoms with Gasteiger partial charge in [0.1, 0.15) is 0 Å². The molecule has 0 aromatic heterocycles. The molecule has 0 nitrogen and oxygen atoms in total. The van der Waals surface area contributed by atoms with Gasteiger partial charge in [-0.3, -0.25) is 0 Å². The van der Waals surface area contributed by atoms with Crippen molar-refractivity contribution in [3.8, 4) is 0 Å². The highest BCUT2D eigenvalue weighted by Crippen LogP contribution is 2.29. The van der Waals surface area contributed by atoms with Crippen molar-refractivity contribution in [3.63, 3.8) is 0 Å². The Labute approximate surface area is 108 Å². The van der Waals surface area contributed by atoms with E-state index >= 15 is 0 Å². The lowest BCUT2D eigenvalue weighted by atomic mass is 10.0. The lowest BCUT2D eigenvalue weighted by molar-refractivity contribution is 1.45. The Morgan fingerprint density at radius 2 is 1.41 bits per heavy atom. The first-order chi connectivity index (χ1) is 8.18. The van der Waals surface area contributed by atoms with Crippen LogP contribution in [0.15, 0.2) is 54.6 Å². The van der Waals surface area contributed by atoms with E-state index in [0.717, 1.165) is 16.2 Å². The van der Waals surface area contributed by atoms with Crippen molar-refractivity contribution in [2.45, 2.75) is 13.8 Å². The van der Waals surface area contributed by atoms with Gasteiger partial charge in [0.2, 0.25) is 0 Å². The van der Waals surface area contributed by atoms with Gasteiger partial charge in [0, 0.05) is 0 Å². The van der Waals surface area contributed by atoms with Gasteiger partial charge in [-0.2, -0.15) is 0 Å². The molecule has 17 heavy (non-hydrogen) atoms. The molecule has 0 saturated carbocycles. The maximum atomic E-state index is 6.41. The summed E-state index contributed by atoms with van der Waals surface area (Å²) in [5.74, 6) is 0. The van der Waals surface area contributed by atoms with Crippen LogP contribution in [0.4, 0.5) is 0 Å². The molecule has 0 N–H and O–H groups in total. The molecule has 1 heteroatoms. The number of aryl methyl sites for hydroxylation is 1. The predicted octanol–water partition coefficient (Wildman–Crippen LogP) is 5.12. The van der Waals surface area contributed by atoms with Crippen molar-refractivity contribution in [1.82, 2.24) is 0 Å². The van der Waals surface area contributed by atoms with Crippen LogP contribution in [0.2, 0.25) is 0 Å². The Balaban J connectivity index is 2.41. The second kappa shape index (κ2) is 5.20. The fourth-order valence-electron chi connectivity index (χ4n) is 1.73. The molecule has 0 unspecified atom stereocenters. The van der Waals surface area contributed by atoms with E-state index in [-0.39, 0.29) is 0 Å². The van der Waals surface area contributed by atoms with Crippen molar-refractivity contribution in [3.05, 3.63) is 71.3 Å². The van der Waals surface area contributed by atoms with Crippen LogP contribution in [0, 0.1) is 6.92 Å². The molecule has 0 fully saturated rings. The van der Waals surface area contributed by atoms with Crippen molar-refractivity contribution in [1.29, 1.82) is 0 Å². The zero-order valence-corrected chi connectivity index (χ0v) is 10.8. The average Bonchev–Trinajstić information content (AvgIpc) is 2.39. The first kappa shape index (κ1) is 11.9. The van der Waals surface area contributed by atoms with Gasteiger partial charge >= 0.3 is 0 Å². The molecule has 2 aromatic rings. The van der Waals surface area contributed by atoms with Crippen molar-refractivity contribution in [2.75, 3.05) is 0 Å². The van der Waals surface area contributed by atoms with E-state index in [1.54, 1.807) is 0 Å². The molecule has 0 amide bonds. The van der Waals surface area contributed by atoms with Gasteiger partial charge in [0.25, 0.3) is 0 Å². The summed E-state index contributed by atoms with van der Waals surface area (Å²) in [4.78, 5) is 0. The molecule has 0 aliphatic heterocycles. The Hall–Kier alpha value is -1.53. The number of rotatable bonds is 2. The third-order valence-corrected chi connectivity index (χ3v) is 3.34. The molecule has 86 valence electrons. The summed E-state index contributed by atoms with van der Waals surface area (Å²) < 4.78 is 0. The van der Waals surface area contributed by atoms with Gasteiger partial charge in [-0.05, 0) is 30.5 Å². The van der Waals surface area contributed by atoms with Crippen LogP contribution in [-0.4, -0.2) is 0 Å². The summed E-state index contributed by atoms with van der Waals surface area (Å²) in [6.45, 7) is 4.14. The zero-order chi connectivity index (χ0) is 12.3. The third kappa shape index (κ3) is 2.78. The minimum absolute atomic E-state index is 0.814. The van der Waals surface area contributed by atoms with Crippen LogP contribution in [0.1, 0.15) is 23.6 Å². The van der Waals surface area contributed by atoms with E-state index in [9.17, 15) is 0 Å². The first-order valence-corrected chi connectivity index (χ1v) is 6.05. The second-order valence-corrected chi connectivity index (χ2v) is 4.55. The maximum absolute atomic E-state index is 6.41. The topological polar surface area (TPSA) is 0 Å². The summed E-state index contributed by atoms with van der Waals surface area (Å²) in [6, 6.07) is 18.5. The highest BCUT2D eigenvalue weighted by Gasteiger charge is 2.04. The lowest BCUT2D eigenvalue weighted by Crippen LogP contribution is -1.84. The average molecular weight is 243 g/mol. The van der Waals surface area contributed by atoms with E-state index in [0.29, 0.717) is 0 Å². The van der Waals surface area contributed by atoms with Crippen LogP contribution in [0.5, 0.6) is 0 Å². The van der Waals surface area contributed by atoms with E-state index in [2.05, 4.69) is 38.1 Å². The number of allylic oxidation sites excluding steroid dienone is 1. The quantitative estimate of drug-likeness (QED) is 0.641. The summed E-state index contributed by atoms with van der Waals surface area (Å²) in [6.07, 6.45) is 0. The molecule has 2 rings (SSSR count). The molecular formula is C16H15Cl. The summed E-state index contributed by atoms with van der Waals surface area (Å²) in [7, 11) is 0. The monoisotopic (exact) mass is 242 g/mol. The van der Waals surface area contributed by atoms with Crippen LogP contribution < -0.4 is 0 Å². The predicted molar refractivity (Wildman–Crippen MR) is 76.0 cm³/mol. The Morgan fingerprint density at radius 3 is 2.00 bits per heavy atom. The molecule has 0 atom stereocenters. The van der Waals surface area contributed by atoms with E-state index in [1.165, 1.54) is 11.1 Å². The number of hydrogen-bond donors (Lipinski definition) is 0. The Morgan fingerprint density at radius 1 is 0.824 bits per heavy atom. The smallest absolute Gasteiger partial charge is 0.0513 e. The maximum Gasteiger partial charge on any atom is 0.0513 e. The minimum Gasteiger partial charge on any atom is -0.0834 e. The van der Waals surface area contributed by atoms with Crippen LogP contribution in [-0.2, 0) is 0 Å². The van der Waals surface area contributed by atoms with Crippen LogP contribution in [0.3, 0.4) is 0 Å². The fourth-order valence-corrected chi connectivity index (χ4v) is 1.97. The van der Waals surface area contributed by atoms with E-state index in [4.69, 9.17) is 11.6 Å². The molecule has 0 spiro atoms. The van der Waals surface area contributed by atoms with Gasteiger partial charge < -0.3 is 0 Å². The highest BCUT2D eigenvalue weighted by atomic mass is 35.5. The number of benzene rings is 2. The second-order valence-electron chi connectivity index (χ2n) is 4.17. The number of hydrogen-bond acceptors (Lipinski definition) is 0. The van der Waals surface area contributed by atoms with Crippen LogP contribution in [0.25, 0.3) is 10.6 Å². The van der Waals surface area contributed by atoms with Gasteiger partial charge in [-0.15, -0.1) is 0 Å². The van der Waals surface area contributed by atoms with Gasteiger partial charge in [-0.1, -0.05) is 71.8 Å². The standard InChI is InChI=1S/C16H15Cl/c1-12-8-10-14(11-9-12)13(2)16(17)15-6-4-3-5-7-15/h3-11H,1-2H3/b16-13-. The molecule has 0 radical (unpaired) electrons. The largest absolute Gasteiger partial charge is 0.0834 e. The van der Waals surface area contributed by atoms with Gasteiger partial charge in [-0.25, -0.2) is 0 Å². The van der Waals surface area contributed by atoms with Crippen molar-refractivity contribution >= 4 is 22.2 Å². The normalized spacial score (nSPS) is 12.2. The molecule has 0 aliphatic rings. The van der Waals surface area contributed by atoms with Crippen LogP contribution >= 0.6 is 11.6 Å². The third-order valence-electron chi connectivity index (χ3n) is 2.84. The molecular weight excluding hydrogens is 228 g/mol. The summed E-state index contributed by atoms with van der Waals surface area (Å²) in [5.41, 5.74) is 4.60. The molecule has 2 aromatic carbocycles. The summed E-state index contributed by atoms with van der Waals surface area (Å²) >= 11 is 6.41. The first-order valence-electron chi connectivity index (χ1n) is 5.67. The fraction of sp³-hybridized carbons (Fsp3) is 0.125. The van der Waals surface area contributed by atoms with E-state index < -0.39 is 0 Å². The Kier molecular flexibility index (Phi) is 3.65. The summed E-state index contributed by atoms with van der Waals surface area (Å²) in [5, 5.41) is 0.814. The van der Waals surface area contributed by atoms with Gasteiger partial charge in [0.15, 0.2) is 0 Å². The van der Waals surface area contributed by atoms with Crippen molar-refractivity contribution in [2.24, 2.45) is 0 Å². The number of halogens is 1. The van der Waals surface area contributed by atoms with Crippen molar-refractivity contribution < 1.29 is 0 Å². The minimum atomic E-state index is 0.814. The lowest BCUT2D eigenvalue weighted by Gasteiger charge is -2.07. The molecule has 0 heterocycles. The molecule has 0 aliphatic carbocycles. The van der Waals surface area contributed by atoms with E-state index in [1.807, 2.05) is 30.3 Å². The molecule has 0 bridgehead atoms. The SMILES string of the molecule is C/C(=C(/Cl)c1ccccc1)c1ccc(C)cc1. The molecule has 0 saturated heterocycles. The highest BCUT2D eigenvalue weighted by molar-refractivity contribution is 6.52. The Bertz CT molecular complexity index is 521.